The Morgan fingerprint density at radius 3 is 2.53 bits per heavy atom. The first-order valence-electron chi connectivity index (χ1n) is 10.5. The number of rotatable bonds is 6. The minimum Gasteiger partial charge on any atom is -0.493 e. The molecule has 0 aliphatic carbocycles. The number of allylic oxidation sites excluding steroid dienone is 1. The first-order chi connectivity index (χ1) is 15.5. The van der Waals surface area contributed by atoms with Crippen LogP contribution >= 0.6 is 11.3 Å². The Hall–Kier alpha value is -3.45. The van der Waals surface area contributed by atoms with Gasteiger partial charge in [-0.2, -0.15) is 0 Å². The molecule has 1 unspecified atom stereocenters. The molecule has 0 fully saturated rings. The van der Waals surface area contributed by atoms with E-state index in [0.717, 1.165) is 11.1 Å². The molecule has 1 aromatic heterocycles. The zero-order valence-electron chi connectivity index (χ0n) is 18.2. The molecule has 0 spiro atoms. The highest BCUT2D eigenvalue weighted by molar-refractivity contribution is 7.07. The van der Waals surface area contributed by atoms with E-state index in [0.29, 0.717) is 33.0 Å². The van der Waals surface area contributed by atoms with Crippen molar-refractivity contribution >= 4 is 23.4 Å². The lowest BCUT2D eigenvalue weighted by Crippen LogP contribution is -2.39. The molecule has 0 N–H and O–H groups in total. The van der Waals surface area contributed by atoms with Crippen molar-refractivity contribution in [2.45, 2.75) is 26.8 Å². The van der Waals surface area contributed by atoms with Gasteiger partial charge in [-0.25, -0.2) is 9.79 Å². The van der Waals surface area contributed by atoms with E-state index >= 15 is 0 Å². The molecule has 164 valence electrons. The van der Waals surface area contributed by atoms with Gasteiger partial charge in [-0.05, 0) is 38.5 Å². The van der Waals surface area contributed by atoms with Crippen LogP contribution in [0.15, 0.2) is 75.7 Å². The second-order valence-corrected chi connectivity index (χ2v) is 8.19. The van der Waals surface area contributed by atoms with Crippen LogP contribution in [-0.4, -0.2) is 23.8 Å². The fourth-order valence-corrected chi connectivity index (χ4v) is 4.81. The third-order valence-corrected chi connectivity index (χ3v) is 6.12. The maximum absolute atomic E-state index is 13.6. The number of carbonyl (C=O) groups is 1. The lowest BCUT2D eigenvalue weighted by molar-refractivity contribution is -0.139. The van der Waals surface area contributed by atoms with Crippen LogP contribution in [0.25, 0.3) is 6.08 Å². The molecule has 1 atom stereocenters. The third kappa shape index (κ3) is 4.03. The highest BCUT2D eigenvalue weighted by atomic mass is 32.1. The van der Waals surface area contributed by atoms with Crippen LogP contribution in [0.3, 0.4) is 0 Å². The molecule has 6 nitrogen and oxygen atoms in total. The zero-order valence-corrected chi connectivity index (χ0v) is 19.0. The number of thiazole rings is 1. The molecule has 0 saturated carbocycles. The minimum absolute atomic E-state index is 0.205. The molecule has 0 bridgehead atoms. The quantitative estimate of drug-likeness (QED) is 0.543. The SMILES string of the molecule is CCOC(=O)C1=C(C)N=c2s/c(=C\c3ccccc3OCC)c(=O)n2C1c1ccccc1. The van der Waals surface area contributed by atoms with Gasteiger partial charge < -0.3 is 9.47 Å². The van der Waals surface area contributed by atoms with Crippen molar-refractivity contribution in [1.29, 1.82) is 0 Å². The molecule has 4 rings (SSSR count). The van der Waals surface area contributed by atoms with E-state index in [1.54, 1.807) is 18.4 Å². The number of esters is 1. The highest BCUT2D eigenvalue weighted by Crippen LogP contribution is 2.30. The number of nitrogens with zero attached hydrogens (tertiary/aromatic N) is 2. The summed E-state index contributed by atoms with van der Waals surface area (Å²) in [7, 11) is 0. The summed E-state index contributed by atoms with van der Waals surface area (Å²) >= 11 is 1.30. The fourth-order valence-electron chi connectivity index (χ4n) is 3.77. The molecule has 32 heavy (non-hydrogen) atoms. The van der Waals surface area contributed by atoms with Crippen molar-refractivity contribution in [3.8, 4) is 5.75 Å². The number of benzene rings is 2. The highest BCUT2D eigenvalue weighted by Gasteiger charge is 2.33. The maximum atomic E-state index is 13.6. The Morgan fingerprint density at radius 2 is 1.81 bits per heavy atom. The van der Waals surface area contributed by atoms with Crippen molar-refractivity contribution in [2.24, 2.45) is 4.99 Å². The molecule has 3 aromatic rings. The predicted molar refractivity (Wildman–Crippen MR) is 124 cm³/mol. The molecule has 1 aliphatic heterocycles. The Labute approximate surface area is 189 Å². The molecule has 2 aromatic carbocycles. The van der Waals surface area contributed by atoms with E-state index in [1.165, 1.54) is 11.3 Å². The van der Waals surface area contributed by atoms with Crippen molar-refractivity contribution in [2.75, 3.05) is 13.2 Å². The maximum Gasteiger partial charge on any atom is 0.338 e. The average Bonchev–Trinajstić information content (AvgIpc) is 3.09. The van der Waals surface area contributed by atoms with Crippen molar-refractivity contribution in [3.05, 3.63) is 96.7 Å². The Balaban J connectivity index is 1.94. The van der Waals surface area contributed by atoms with Gasteiger partial charge in [0.1, 0.15) is 5.75 Å². The summed E-state index contributed by atoms with van der Waals surface area (Å²) in [6.45, 7) is 6.24. The van der Waals surface area contributed by atoms with Gasteiger partial charge in [-0.15, -0.1) is 0 Å². The summed E-state index contributed by atoms with van der Waals surface area (Å²) in [5.74, 6) is 0.252. The lowest BCUT2D eigenvalue weighted by atomic mass is 9.96. The number of aromatic nitrogens is 1. The average molecular weight is 449 g/mol. The molecule has 0 radical (unpaired) electrons. The summed E-state index contributed by atoms with van der Waals surface area (Å²) in [6.07, 6.45) is 1.82. The minimum atomic E-state index is -0.601. The molecule has 0 saturated heterocycles. The molecule has 0 amide bonds. The monoisotopic (exact) mass is 448 g/mol. The van der Waals surface area contributed by atoms with Gasteiger partial charge >= 0.3 is 5.97 Å². The molecule has 7 heteroatoms. The van der Waals surface area contributed by atoms with Crippen molar-refractivity contribution < 1.29 is 14.3 Å². The van der Waals surface area contributed by atoms with Gasteiger partial charge in [-0.1, -0.05) is 59.9 Å². The van der Waals surface area contributed by atoms with Crippen LogP contribution in [0.2, 0.25) is 0 Å². The van der Waals surface area contributed by atoms with Gasteiger partial charge in [-0.3, -0.25) is 9.36 Å². The molecular formula is C25H24N2O4S. The number of fused-ring (bicyclic) bond motifs is 1. The number of ether oxygens (including phenoxy) is 2. The van der Waals surface area contributed by atoms with Gasteiger partial charge in [0.05, 0.1) is 35.1 Å². The van der Waals surface area contributed by atoms with Crippen LogP contribution in [0, 0.1) is 0 Å². The van der Waals surface area contributed by atoms with Gasteiger partial charge in [0.2, 0.25) is 0 Å². The van der Waals surface area contributed by atoms with Crippen LogP contribution in [0.5, 0.6) is 5.75 Å². The van der Waals surface area contributed by atoms with Crippen molar-refractivity contribution in [3.63, 3.8) is 0 Å². The van der Waals surface area contributed by atoms with Crippen LogP contribution in [0.1, 0.15) is 37.9 Å². The number of para-hydroxylation sites is 1. The zero-order chi connectivity index (χ0) is 22.7. The van der Waals surface area contributed by atoms with Gasteiger partial charge in [0.25, 0.3) is 5.56 Å². The van der Waals surface area contributed by atoms with E-state index < -0.39 is 12.0 Å². The standard InChI is InChI=1S/C25H24N2O4S/c1-4-30-19-14-10-9-13-18(19)15-20-23(28)27-22(17-11-7-6-8-12-17)21(24(29)31-5-2)16(3)26-25(27)32-20/h6-15,22H,4-5H2,1-3H3/b20-15-. The molecular weight excluding hydrogens is 424 g/mol. The number of hydrogen-bond donors (Lipinski definition) is 0. The normalized spacial score (nSPS) is 15.8. The summed E-state index contributed by atoms with van der Waals surface area (Å²) in [4.78, 5) is 31.6. The summed E-state index contributed by atoms with van der Waals surface area (Å²) in [6, 6.07) is 16.5. The summed E-state index contributed by atoms with van der Waals surface area (Å²) in [5.41, 5.74) is 2.37. The van der Waals surface area contributed by atoms with E-state index in [4.69, 9.17) is 9.47 Å². The summed E-state index contributed by atoms with van der Waals surface area (Å²) in [5, 5.41) is 0. The van der Waals surface area contributed by atoms with E-state index in [-0.39, 0.29) is 12.2 Å². The molecule has 2 heterocycles. The molecule has 1 aliphatic rings. The van der Waals surface area contributed by atoms with E-state index in [1.807, 2.05) is 67.6 Å². The second kappa shape index (κ2) is 9.36. The number of carbonyl (C=O) groups excluding carboxylic acids is 1. The van der Waals surface area contributed by atoms with E-state index in [2.05, 4.69) is 4.99 Å². The Kier molecular flexibility index (Phi) is 6.37. The first kappa shape index (κ1) is 21.8. The summed E-state index contributed by atoms with van der Waals surface area (Å²) < 4.78 is 13.1. The smallest absolute Gasteiger partial charge is 0.338 e. The van der Waals surface area contributed by atoms with Crippen LogP contribution < -0.4 is 19.6 Å². The van der Waals surface area contributed by atoms with Gasteiger partial charge in [0, 0.05) is 5.56 Å². The number of hydrogen-bond acceptors (Lipinski definition) is 6. The van der Waals surface area contributed by atoms with Crippen molar-refractivity contribution in [1.82, 2.24) is 4.57 Å². The van der Waals surface area contributed by atoms with E-state index in [9.17, 15) is 9.59 Å². The largest absolute Gasteiger partial charge is 0.493 e. The first-order valence-corrected chi connectivity index (χ1v) is 11.3. The lowest BCUT2D eigenvalue weighted by Gasteiger charge is -2.24. The predicted octanol–water partition coefficient (Wildman–Crippen LogP) is 3.20. The third-order valence-electron chi connectivity index (χ3n) is 5.14. The Morgan fingerprint density at radius 1 is 1.09 bits per heavy atom. The van der Waals surface area contributed by atoms with Crippen LogP contribution in [0.4, 0.5) is 0 Å². The fraction of sp³-hybridized carbons (Fsp3) is 0.240. The topological polar surface area (TPSA) is 69.9 Å². The van der Waals surface area contributed by atoms with Crippen LogP contribution in [-0.2, 0) is 9.53 Å². The van der Waals surface area contributed by atoms with Gasteiger partial charge in [0.15, 0.2) is 4.80 Å². The Bertz CT molecular complexity index is 1350. The second-order valence-electron chi connectivity index (χ2n) is 7.18.